The second-order valence-corrected chi connectivity index (χ2v) is 12.2. The van der Waals surface area contributed by atoms with Crippen molar-refractivity contribution in [3.05, 3.63) is 86.2 Å². The highest BCUT2D eigenvalue weighted by atomic mass is 32.2. The van der Waals surface area contributed by atoms with Gasteiger partial charge in [0.1, 0.15) is 0 Å². The Bertz CT molecular complexity index is 1680. The molecule has 0 spiro atoms. The molecule has 0 atom stereocenters. The van der Waals surface area contributed by atoms with Crippen LogP contribution in [0.4, 0.5) is 11.4 Å². The molecule has 1 aromatic heterocycles. The lowest BCUT2D eigenvalue weighted by molar-refractivity contribution is -0.384. The molecule has 0 bridgehead atoms. The van der Waals surface area contributed by atoms with Gasteiger partial charge in [0, 0.05) is 61.0 Å². The number of hydrogen-bond acceptors (Lipinski definition) is 7. The van der Waals surface area contributed by atoms with Crippen LogP contribution in [-0.4, -0.2) is 73.2 Å². The molecule has 40 heavy (non-hydrogen) atoms. The summed E-state index contributed by atoms with van der Waals surface area (Å²) in [4.78, 5) is 44.0. The normalized spacial score (nSPS) is 16.7. The van der Waals surface area contributed by atoms with Gasteiger partial charge in [-0.05, 0) is 56.3 Å². The molecule has 3 aromatic rings. The number of H-pyrrole nitrogens is 1. The predicted octanol–water partition coefficient (Wildman–Crippen LogP) is 3.39. The summed E-state index contributed by atoms with van der Waals surface area (Å²) >= 11 is 0. The van der Waals surface area contributed by atoms with Gasteiger partial charge in [0.05, 0.1) is 26.7 Å². The molecule has 11 nitrogen and oxygen atoms in total. The maximum Gasteiger partial charge on any atom is 0.269 e. The van der Waals surface area contributed by atoms with E-state index in [1.165, 1.54) is 42.5 Å². The van der Waals surface area contributed by atoms with Gasteiger partial charge in [-0.3, -0.25) is 19.7 Å². The topological polar surface area (TPSA) is 146 Å². The van der Waals surface area contributed by atoms with E-state index in [0.717, 1.165) is 13.1 Å². The molecule has 2 aromatic carbocycles. The SMILES string of the molecule is Cc1[nH]c(/C=C2\C(=O)Nc3ccc(S(=O)(=O)Cc4cccc([N+](=O)[O-])c4)cc32)c(C)c1C(=O)N1CCN(C)CC1. The summed E-state index contributed by atoms with van der Waals surface area (Å²) in [6, 6.07) is 9.87. The summed E-state index contributed by atoms with van der Waals surface area (Å²) in [6.07, 6.45) is 1.64. The van der Waals surface area contributed by atoms with Gasteiger partial charge in [-0.15, -0.1) is 0 Å². The van der Waals surface area contributed by atoms with Crippen molar-refractivity contribution in [2.24, 2.45) is 0 Å². The van der Waals surface area contributed by atoms with Gasteiger partial charge in [-0.1, -0.05) is 12.1 Å². The molecule has 5 rings (SSSR count). The molecule has 3 heterocycles. The average Bonchev–Trinajstić information content (AvgIpc) is 3.37. The van der Waals surface area contributed by atoms with Crippen LogP contribution in [0.2, 0.25) is 0 Å². The summed E-state index contributed by atoms with van der Waals surface area (Å²) in [6.45, 7) is 6.52. The van der Waals surface area contributed by atoms with Crippen molar-refractivity contribution in [2.75, 3.05) is 38.5 Å². The van der Waals surface area contributed by atoms with Crippen LogP contribution >= 0.6 is 0 Å². The summed E-state index contributed by atoms with van der Waals surface area (Å²) in [5.41, 5.74) is 3.83. The lowest BCUT2D eigenvalue weighted by Crippen LogP contribution is -2.47. The molecule has 2 N–H and O–H groups in total. The Labute approximate surface area is 231 Å². The number of piperazine rings is 1. The van der Waals surface area contributed by atoms with Crippen molar-refractivity contribution < 1.29 is 22.9 Å². The van der Waals surface area contributed by atoms with E-state index in [9.17, 15) is 28.1 Å². The number of hydrogen-bond donors (Lipinski definition) is 2. The molecule has 0 unspecified atom stereocenters. The minimum atomic E-state index is -3.88. The zero-order chi connectivity index (χ0) is 28.8. The number of benzene rings is 2. The van der Waals surface area contributed by atoms with Gasteiger partial charge in [0.2, 0.25) is 0 Å². The van der Waals surface area contributed by atoms with Crippen molar-refractivity contribution in [2.45, 2.75) is 24.5 Å². The van der Waals surface area contributed by atoms with Crippen LogP contribution in [0, 0.1) is 24.0 Å². The van der Waals surface area contributed by atoms with Crippen molar-refractivity contribution in [3.8, 4) is 0 Å². The van der Waals surface area contributed by atoms with Gasteiger partial charge in [0.15, 0.2) is 9.84 Å². The molecular weight excluding hydrogens is 534 g/mol. The molecule has 0 aliphatic carbocycles. The molecule has 2 aliphatic heterocycles. The van der Waals surface area contributed by atoms with E-state index in [-0.39, 0.29) is 33.5 Å². The van der Waals surface area contributed by atoms with E-state index < -0.39 is 20.5 Å². The van der Waals surface area contributed by atoms with Gasteiger partial charge in [-0.2, -0.15) is 0 Å². The molecule has 0 saturated carbocycles. The third kappa shape index (κ3) is 5.15. The Kier molecular flexibility index (Phi) is 7.06. The molecule has 2 amide bonds. The van der Waals surface area contributed by atoms with E-state index in [1.807, 2.05) is 25.8 Å². The van der Waals surface area contributed by atoms with Gasteiger partial charge < -0.3 is 20.1 Å². The Morgan fingerprint density at radius 3 is 2.52 bits per heavy atom. The summed E-state index contributed by atoms with van der Waals surface area (Å²) < 4.78 is 26.5. The van der Waals surface area contributed by atoms with E-state index in [1.54, 1.807) is 6.08 Å². The van der Waals surface area contributed by atoms with Crippen LogP contribution in [-0.2, 0) is 20.4 Å². The fraction of sp³-hybridized carbons (Fsp3) is 0.286. The zero-order valence-electron chi connectivity index (χ0n) is 22.4. The number of sulfone groups is 1. The number of rotatable bonds is 6. The smallest absolute Gasteiger partial charge is 0.269 e. The van der Waals surface area contributed by atoms with Crippen LogP contribution in [0.5, 0.6) is 0 Å². The van der Waals surface area contributed by atoms with Gasteiger partial charge in [0.25, 0.3) is 17.5 Å². The fourth-order valence-electron chi connectivity index (χ4n) is 5.12. The number of fused-ring (bicyclic) bond motifs is 1. The first kappa shape index (κ1) is 27.3. The number of carbonyl (C=O) groups is 2. The fourth-order valence-corrected chi connectivity index (χ4v) is 6.48. The lowest BCUT2D eigenvalue weighted by atomic mass is 10.0. The number of nitrogens with one attached hydrogen (secondary N) is 2. The third-order valence-electron chi connectivity index (χ3n) is 7.38. The molecule has 2 aliphatic rings. The lowest BCUT2D eigenvalue weighted by Gasteiger charge is -2.32. The number of amides is 2. The number of likely N-dealkylation sites (N-methyl/N-ethyl adjacent to an activating group) is 1. The predicted molar refractivity (Wildman–Crippen MR) is 151 cm³/mol. The van der Waals surface area contributed by atoms with E-state index in [4.69, 9.17) is 0 Å². The average molecular weight is 564 g/mol. The second-order valence-electron chi connectivity index (χ2n) is 10.2. The van der Waals surface area contributed by atoms with Crippen LogP contribution < -0.4 is 5.32 Å². The molecule has 1 saturated heterocycles. The van der Waals surface area contributed by atoms with Gasteiger partial charge >= 0.3 is 0 Å². The summed E-state index contributed by atoms with van der Waals surface area (Å²) in [5.74, 6) is -0.878. The van der Waals surface area contributed by atoms with Crippen molar-refractivity contribution in [3.63, 3.8) is 0 Å². The number of nitrogens with zero attached hydrogens (tertiary/aromatic N) is 3. The highest BCUT2D eigenvalue weighted by molar-refractivity contribution is 7.90. The van der Waals surface area contributed by atoms with E-state index in [2.05, 4.69) is 15.2 Å². The Hall–Kier alpha value is -4.29. The standard InChI is InChI=1S/C28H29N5O6S/c1-17-25(29-18(2)26(17)28(35)32-11-9-31(3)10-12-32)15-23-22-14-21(7-8-24(22)30-27(23)34)40(38,39)16-19-5-4-6-20(13-19)33(36)37/h4-8,13-15,29H,9-12,16H2,1-3H3,(H,30,34)/b23-15-. The first-order chi connectivity index (χ1) is 18.9. The number of anilines is 1. The van der Waals surface area contributed by atoms with Crippen molar-refractivity contribution >= 4 is 44.7 Å². The molecule has 1 fully saturated rings. The Morgan fingerprint density at radius 1 is 1.10 bits per heavy atom. The number of aromatic nitrogens is 1. The quantitative estimate of drug-likeness (QED) is 0.266. The van der Waals surface area contributed by atoms with E-state index in [0.29, 0.717) is 46.9 Å². The number of aromatic amines is 1. The summed E-state index contributed by atoms with van der Waals surface area (Å²) in [7, 11) is -1.86. The summed E-state index contributed by atoms with van der Waals surface area (Å²) in [5, 5.41) is 13.9. The number of nitro benzene ring substituents is 1. The van der Waals surface area contributed by atoms with Crippen LogP contribution in [0.3, 0.4) is 0 Å². The Morgan fingerprint density at radius 2 is 1.82 bits per heavy atom. The number of aryl methyl sites for hydroxylation is 1. The highest BCUT2D eigenvalue weighted by Gasteiger charge is 2.29. The van der Waals surface area contributed by atoms with Crippen LogP contribution in [0.25, 0.3) is 11.6 Å². The Balaban J connectivity index is 1.46. The minimum absolute atomic E-state index is 0.00882. The van der Waals surface area contributed by atoms with E-state index >= 15 is 0 Å². The van der Waals surface area contributed by atoms with Crippen molar-refractivity contribution in [1.29, 1.82) is 0 Å². The van der Waals surface area contributed by atoms with Crippen molar-refractivity contribution in [1.82, 2.24) is 14.8 Å². The minimum Gasteiger partial charge on any atom is -0.358 e. The first-order valence-corrected chi connectivity index (χ1v) is 14.4. The molecular formula is C28H29N5O6S. The zero-order valence-corrected chi connectivity index (χ0v) is 23.2. The third-order valence-corrected chi connectivity index (χ3v) is 9.07. The first-order valence-electron chi connectivity index (χ1n) is 12.7. The molecule has 0 radical (unpaired) electrons. The number of nitro groups is 1. The molecule has 12 heteroatoms. The largest absolute Gasteiger partial charge is 0.358 e. The molecule has 208 valence electrons. The number of non-ortho nitro benzene ring substituents is 1. The highest BCUT2D eigenvalue weighted by Crippen LogP contribution is 2.36. The monoisotopic (exact) mass is 563 g/mol. The van der Waals surface area contributed by atoms with Crippen LogP contribution in [0.15, 0.2) is 47.4 Å². The number of carbonyl (C=O) groups excluding carboxylic acids is 2. The van der Waals surface area contributed by atoms with Gasteiger partial charge in [-0.25, -0.2) is 8.42 Å². The maximum absolute atomic E-state index is 13.3. The van der Waals surface area contributed by atoms with Crippen LogP contribution in [0.1, 0.15) is 38.4 Å². The second kappa shape index (κ2) is 10.4. The maximum atomic E-state index is 13.3.